The van der Waals surface area contributed by atoms with Crippen LogP contribution in [0.3, 0.4) is 0 Å². The first kappa shape index (κ1) is 19.9. The van der Waals surface area contributed by atoms with Crippen molar-refractivity contribution in [1.82, 2.24) is 4.31 Å². The molecule has 1 aromatic heterocycles. The molecule has 1 heterocycles. The number of methoxy groups -OCH3 is 1. The third kappa shape index (κ3) is 3.88. The maximum atomic E-state index is 12.6. The summed E-state index contributed by atoms with van der Waals surface area (Å²) in [5.74, 6) is 0.0692. The number of carbonyl (C=O) groups is 1. The summed E-state index contributed by atoms with van der Waals surface area (Å²) < 4.78 is 36.6. The summed E-state index contributed by atoms with van der Waals surface area (Å²) in [6.45, 7) is 1.97. The lowest BCUT2D eigenvalue weighted by atomic mass is 10.1. The lowest BCUT2D eigenvalue weighted by Crippen LogP contribution is -2.22. The molecule has 0 spiro atoms. The first-order valence-corrected chi connectivity index (χ1v) is 10.0. The Hall–Kier alpha value is -2.84. The smallest absolute Gasteiger partial charge is 0.242 e. The number of nitrogens with one attached hydrogen (secondary N) is 1. The number of hydrogen-bond acceptors (Lipinski definition) is 5. The molecule has 3 rings (SSSR count). The number of carbonyl (C=O) groups excluding carboxylic acids is 1. The van der Waals surface area contributed by atoms with Crippen LogP contribution in [0.25, 0.3) is 11.0 Å². The predicted molar refractivity (Wildman–Crippen MR) is 107 cm³/mol. The van der Waals surface area contributed by atoms with Crippen molar-refractivity contribution < 1.29 is 22.4 Å². The van der Waals surface area contributed by atoms with Crippen molar-refractivity contribution in [3.63, 3.8) is 0 Å². The molecule has 0 bridgehead atoms. The average Bonchev–Trinajstić information content (AvgIpc) is 3.03. The van der Waals surface area contributed by atoms with Crippen LogP contribution in [0.2, 0.25) is 0 Å². The van der Waals surface area contributed by atoms with Crippen molar-refractivity contribution in [2.24, 2.45) is 0 Å². The maximum absolute atomic E-state index is 12.6. The SMILES string of the molecule is COc1ccc(S(=O)(=O)N(C)C)cc1NC(=O)Cc1coc2cc(C)ccc12. The van der Waals surface area contributed by atoms with E-state index in [0.717, 1.165) is 26.4 Å². The molecule has 2 aromatic carbocycles. The van der Waals surface area contributed by atoms with Crippen molar-refractivity contribution in [2.75, 3.05) is 26.5 Å². The van der Waals surface area contributed by atoms with Gasteiger partial charge in [-0.1, -0.05) is 12.1 Å². The first-order chi connectivity index (χ1) is 13.2. The molecule has 1 N–H and O–H groups in total. The largest absolute Gasteiger partial charge is 0.495 e. The Morgan fingerprint density at radius 1 is 1.18 bits per heavy atom. The van der Waals surface area contributed by atoms with Crippen molar-refractivity contribution in [3.05, 3.63) is 53.8 Å². The molecule has 0 atom stereocenters. The molecule has 28 heavy (non-hydrogen) atoms. The van der Waals surface area contributed by atoms with E-state index in [4.69, 9.17) is 9.15 Å². The minimum absolute atomic E-state index is 0.0674. The Bertz CT molecular complexity index is 1130. The number of benzene rings is 2. The van der Waals surface area contributed by atoms with E-state index in [0.29, 0.717) is 11.4 Å². The number of furan rings is 1. The zero-order valence-corrected chi connectivity index (χ0v) is 17.0. The van der Waals surface area contributed by atoms with Gasteiger partial charge in [-0.3, -0.25) is 4.79 Å². The zero-order chi connectivity index (χ0) is 20.5. The molecular weight excluding hydrogens is 380 g/mol. The number of ether oxygens (including phenoxy) is 1. The number of hydrogen-bond donors (Lipinski definition) is 1. The minimum atomic E-state index is -3.63. The summed E-state index contributed by atoms with van der Waals surface area (Å²) in [7, 11) is 0.720. The second-order valence-electron chi connectivity index (χ2n) is 6.64. The number of aryl methyl sites for hydroxylation is 1. The van der Waals surface area contributed by atoms with E-state index in [1.54, 1.807) is 6.26 Å². The van der Waals surface area contributed by atoms with E-state index >= 15 is 0 Å². The quantitative estimate of drug-likeness (QED) is 0.684. The van der Waals surface area contributed by atoms with E-state index in [1.807, 2.05) is 25.1 Å². The van der Waals surface area contributed by atoms with Crippen molar-refractivity contribution in [2.45, 2.75) is 18.2 Å². The normalized spacial score (nSPS) is 11.8. The fourth-order valence-corrected chi connectivity index (χ4v) is 3.78. The molecule has 0 aliphatic heterocycles. The Morgan fingerprint density at radius 2 is 1.93 bits per heavy atom. The molecule has 0 unspecified atom stereocenters. The molecule has 0 radical (unpaired) electrons. The highest BCUT2D eigenvalue weighted by Gasteiger charge is 2.20. The van der Waals surface area contributed by atoms with Gasteiger partial charge in [0, 0.05) is 25.0 Å². The molecule has 8 heteroatoms. The molecule has 0 aliphatic rings. The lowest BCUT2D eigenvalue weighted by molar-refractivity contribution is -0.115. The number of sulfonamides is 1. The van der Waals surface area contributed by atoms with Gasteiger partial charge in [-0.2, -0.15) is 0 Å². The van der Waals surface area contributed by atoms with Gasteiger partial charge >= 0.3 is 0 Å². The van der Waals surface area contributed by atoms with Crippen molar-refractivity contribution in [3.8, 4) is 5.75 Å². The van der Waals surface area contributed by atoms with Gasteiger partial charge in [0.05, 0.1) is 30.4 Å². The Labute approximate surface area is 163 Å². The molecule has 0 saturated carbocycles. The summed E-state index contributed by atoms with van der Waals surface area (Å²) in [5, 5.41) is 3.61. The van der Waals surface area contributed by atoms with Crippen LogP contribution < -0.4 is 10.1 Å². The molecule has 1 amide bonds. The predicted octanol–water partition coefficient (Wildman–Crippen LogP) is 3.18. The molecule has 0 saturated heterocycles. The number of amides is 1. The number of fused-ring (bicyclic) bond motifs is 1. The number of rotatable bonds is 6. The summed E-state index contributed by atoms with van der Waals surface area (Å²) in [6.07, 6.45) is 1.65. The highest BCUT2D eigenvalue weighted by molar-refractivity contribution is 7.89. The fourth-order valence-electron chi connectivity index (χ4n) is 2.85. The first-order valence-electron chi connectivity index (χ1n) is 8.59. The van der Waals surface area contributed by atoms with Crippen molar-refractivity contribution in [1.29, 1.82) is 0 Å². The topological polar surface area (TPSA) is 88.9 Å². The van der Waals surface area contributed by atoms with E-state index in [2.05, 4.69) is 5.32 Å². The Morgan fingerprint density at radius 3 is 2.61 bits per heavy atom. The van der Waals surface area contributed by atoms with Gasteiger partial charge < -0.3 is 14.5 Å². The van der Waals surface area contributed by atoms with Gasteiger partial charge in [0.1, 0.15) is 11.3 Å². The second-order valence-corrected chi connectivity index (χ2v) is 8.79. The van der Waals surface area contributed by atoms with Crippen LogP contribution in [0.5, 0.6) is 5.75 Å². The summed E-state index contributed by atoms with van der Waals surface area (Å²) in [5.41, 5.74) is 2.84. The van der Waals surface area contributed by atoms with Crippen molar-refractivity contribution >= 4 is 32.6 Å². The third-order valence-electron chi connectivity index (χ3n) is 4.39. The van der Waals surface area contributed by atoms with Gasteiger partial charge in [-0.15, -0.1) is 0 Å². The molecule has 0 aliphatic carbocycles. The summed E-state index contributed by atoms with van der Waals surface area (Å²) in [4.78, 5) is 12.7. The van der Waals surface area contributed by atoms with Crippen LogP contribution in [-0.2, 0) is 21.2 Å². The van der Waals surface area contributed by atoms with Crippen LogP contribution in [-0.4, -0.2) is 39.8 Å². The maximum Gasteiger partial charge on any atom is 0.242 e. The van der Waals surface area contributed by atoms with Crippen LogP contribution in [0.1, 0.15) is 11.1 Å². The van der Waals surface area contributed by atoms with E-state index in [9.17, 15) is 13.2 Å². The van der Waals surface area contributed by atoms with Gasteiger partial charge in [0.2, 0.25) is 15.9 Å². The van der Waals surface area contributed by atoms with Crippen LogP contribution in [0.15, 0.2) is 52.0 Å². The summed E-state index contributed by atoms with van der Waals surface area (Å²) >= 11 is 0. The zero-order valence-electron chi connectivity index (χ0n) is 16.1. The Balaban J connectivity index is 1.86. The monoisotopic (exact) mass is 402 g/mol. The summed E-state index contributed by atoms with van der Waals surface area (Å²) in [6, 6.07) is 10.1. The second kappa shape index (κ2) is 7.65. The molecule has 7 nitrogen and oxygen atoms in total. The fraction of sp³-hybridized carbons (Fsp3) is 0.250. The highest BCUT2D eigenvalue weighted by atomic mass is 32.2. The van der Waals surface area contributed by atoms with Gasteiger partial charge in [0.25, 0.3) is 0 Å². The van der Waals surface area contributed by atoms with Crippen LogP contribution in [0.4, 0.5) is 5.69 Å². The number of anilines is 1. The van der Waals surface area contributed by atoms with Gasteiger partial charge in [-0.05, 0) is 36.8 Å². The van der Waals surface area contributed by atoms with E-state index in [1.165, 1.54) is 39.4 Å². The van der Waals surface area contributed by atoms with Crippen LogP contribution >= 0.6 is 0 Å². The average molecular weight is 402 g/mol. The molecule has 148 valence electrons. The number of nitrogens with zero attached hydrogens (tertiary/aromatic N) is 1. The molecular formula is C20H22N2O5S. The Kier molecular flexibility index (Phi) is 5.44. The highest BCUT2D eigenvalue weighted by Crippen LogP contribution is 2.29. The lowest BCUT2D eigenvalue weighted by Gasteiger charge is -2.15. The minimum Gasteiger partial charge on any atom is -0.495 e. The third-order valence-corrected chi connectivity index (χ3v) is 6.20. The van der Waals surface area contributed by atoms with E-state index < -0.39 is 10.0 Å². The standard InChI is InChI=1S/C20H22N2O5S/c1-13-5-7-16-14(12-27-19(16)9-13)10-20(23)21-17-11-15(6-8-18(17)26-4)28(24,25)22(2)3/h5-9,11-12H,10H2,1-4H3,(H,21,23). The van der Waals surface area contributed by atoms with Gasteiger partial charge in [0.15, 0.2) is 0 Å². The van der Waals surface area contributed by atoms with E-state index in [-0.39, 0.29) is 17.2 Å². The molecule has 0 fully saturated rings. The molecule has 3 aromatic rings. The van der Waals surface area contributed by atoms with Crippen LogP contribution in [0, 0.1) is 6.92 Å². The van der Waals surface area contributed by atoms with Gasteiger partial charge in [-0.25, -0.2) is 12.7 Å².